The molecule has 2 rings (SSSR count). The third-order valence-electron chi connectivity index (χ3n) is 4.94. The van der Waals surface area contributed by atoms with Crippen molar-refractivity contribution in [3.05, 3.63) is 11.4 Å². The molecule has 108 valence electrons. The molecule has 0 aromatic carbocycles. The molecule has 0 aliphatic heterocycles. The van der Waals surface area contributed by atoms with Crippen LogP contribution >= 0.6 is 0 Å². The summed E-state index contributed by atoms with van der Waals surface area (Å²) in [5.74, 6) is 0. The highest BCUT2D eigenvalue weighted by Crippen LogP contribution is 2.47. The van der Waals surface area contributed by atoms with Gasteiger partial charge in [-0.05, 0) is 33.6 Å². The molecule has 3 atom stereocenters. The Labute approximate surface area is 116 Å². The first-order valence-corrected chi connectivity index (χ1v) is 7.32. The van der Waals surface area contributed by atoms with Crippen LogP contribution in [0.15, 0.2) is 0 Å². The Morgan fingerprint density at radius 2 is 2.11 bits per heavy atom. The van der Waals surface area contributed by atoms with E-state index in [4.69, 9.17) is 4.74 Å². The summed E-state index contributed by atoms with van der Waals surface area (Å²) in [6.45, 7) is 11.6. The van der Waals surface area contributed by atoms with Crippen LogP contribution < -0.4 is 5.32 Å². The first-order valence-electron chi connectivity index (χ1n) is 7.32. The molecule has 19 heavy (non-hydrogen) atoms. The predicted molar refractivity (Wildman–Crippen MR) is 78.5 cm³/mol. The summed E-state index contributed by atoms with van der Waals surface area (Å²) in [6.07, 6.45) is 2.61. The number of hydrogen-bond donors (Lipinski definition) is 1. The van der Waals surface area contributed by atoms with Crippen LogP contribution in [0.1, 0.15) is 45.0 Å². The van der Waals surface area contributed by atoms with Crippen molar-refractivity contribution in [1.29, 1.82) is 0 Å². The number of ether oxygens (including phenoxy) is 1. The molecular formula is C15H27N3O. The second-order valence-electron chi connectivity index (χ2n) is 5.91. The lowest BCUT2D eigenvalue weighted by atomic mass is 9.61. The molecule has 0 saturated heterocycles. The minimum absolute atomic E-state index is 0.227. The maximum absolute atomic E-state index is 5.86. The fraction of sp³-hybridized carbons (Fsp3) is 0.800. The van der Waals surface area contributed by atoms with Gasteiger partial charge in [0.2, 0.25) is 0 Å². The smallest absolute Gasteiger partial charge is 0.0827 e. The van der Waals surface area contributed by atoms with Crippen molar-refractivity contribution >= 4 is 5.69 Å². The third-order valence-corrected chi connectivity index (χ3v) is 4.94. The molecule has 4 heteroatoms. The van der Waals surface area contributed by atoms with E-state index in [0.29, 0.717) is 12.1 Å². The molecule has 0 radical (unpaired) electrons. The highest BCUT2D eigenvalue weighted by molar-refractivity contribution is 5.53. The molecule has 0 amide bonds. The molecule has 1 aliphatic rings. The lowest BCUT2D eigenvalue weighted by Gasteiger charge is -2.53. The van der Waals surface area contributed by atoms with E-state index in [-0.39, 0.29) is 5.41 Å². The Bertz CT molecular complexity index is 454. The molecule has 1 heterocycles. The van der Waals surface area contributed by atoms with Gasteiger partial charge in [-0.2, -0.15) is 5.10 Å². The summed E-state index contributed by atoms with van der Waals surface area (Å²) in [4.78, 5) is 0. The Morgan fingerprint density at radius 3 is 2.58 bits per heavy atom. The molecule has 1 aromatic rings. The topological polar surface area (TPSA) is 39.1 Å². The van der Waals surface area contributed by atoms with E-state index in [2.05, 4.69) is 45.0 Å². The van der Waals surface area contributed by atoms with Crippen molar-refractivity contribution in [2.75, 3.05) is 11.9 Å². The second-order valence-corrected chi connectivity index (χ2v) is 5.91. The van der Waals surface area contributed by atoms with Crippen molar-refractivity contribution in [2.45, 2.75) is 59.6 Å². The largest absolute Gasteiger partial charge is 0.379 e. The summed E-state index contributed by atoms with van der Waals surface area (Å²) in [5.41, 5.74) is 3.71. The van der Waals surface area contributed by atoms with Gasteiger partial charge in [0, 0.05) is 25.1 Å². The van der Waals surface area contributed by atoms with Crippen LogP contribution in [-0.2, 0) is 11.8 Å². The van der Waals surface area contributed by atoms with E-state index in [9.17, 15) is 0 Å². The molecule has 3 unspecified atom stereocenters. The highest BCUT2D eigenvalue weighted by Gasteiger charge is 2.51. The van der Waals surface area contributed by atoms with Crippen molar-refractivity contribution < 1.29 is 4.74 Å². The van der Waals surface area contributed by atoms with Gasteiger partial charge in [0.1, 0.15) is 0 Å². The molecule has 0 bridgehead atoms. The zero-order valence-corrected chi connectivity index (χ0v) is 13.1. The fourth-order valence-electron chi connectivity index (χ4n) is 3.13. The zero-order valence-electron chi connectivity index (χ0n) is 13.1. The normalized spacial score (nSPS) is 30.2. The van der Waals surface area contributed by atoms with Crippen LogP contribution in [0.5, 0.6) is 0 Å². The number of anilines is 1. The quantitative estimate of drug-likeness (QED) is 0.889. The summed E-state index contributed by atoms with van der Waals surface area (Å²) in [7, 11) is 2.00. The monoisotopic (exact) mass is 265 g/mol. The van der Waals surface area contributed by atoms with Crippen molar-refractivity contribution in [3.8, 4) is 0 Å². The van der Waals surface area contributed by atoms with Crippen LogP contribution in [0.25, 0.3) is 0 Å². The van der Waals surface area contributed by atoms with Gasteiger partial charge in [-0.15, -0.1) is 0 Å². The zero-order chi connectivity index (χ0) is 14.2. The van der Waals surface area contributed by atoms with E-state index < -0.39 is 0 Å². The van der Waals surface area contributed by atoms with Gasteiger partial charge >= 0.3 is 0 Å². The van der Waals surface area contributed by atoms with Gasteiger partial charge in [0.05, 0.1) is 23.2 Å². The molecule has 0 spiro atoms. The average Bonchev–Trinajstić information content (AvgIpc) is 2.62. The van der Waals surface area contributed by atoms with Crippen LogP contribution in [0.4, 0.5) is 5.69 Å². The number of nitrogens with one attached hydrogen (secondary N) is 1. The maximum atomic E-state index is 5.86. The Hall–Kier alpha value is -1.03. The Morgan fingerprint density at radius 1 is 1.42 bits per heavy atom. The molecule has 1 saturated carbocycles. The Balaban J connectivity index is 2.12. The first kappa shape index (κ1) is 14.4. The molecular weight excluding hydrogens is 238 g/mol. The minimum Gasteiger partial charge on any atom is -0.379 e. The lowest BCUT2D eigenvalue weighted by Crippen LogP contribution is -2.59. The predicted octanol–water partition coefficient (Wildman–Crippen LogP) is 3.04. The molecule has 1 fully saturated rings. The van der Waals surface area contributed by atoms with Crippen molar-refractivity contribution in [3.63, 3.8) is 0 Å². The van der Waals surface area contributed by atoms with E-state index in [1.54, 1.807) is 0 Å². The van der Waals surface area contributed by atoms with Crippen LogP contribution in [0, 0.1) is 19.3 Å². The summed E-state index contributed by atoms with van der Waals surface area (Å²) >= 11 is 0. The molecule has 1 N–H and O–H groups in total. The van der Waals surface area contributed by atoms with Gasteiger partial charge in [-0.1, -0.05) is 13.8 Å². The van der Waals surface area contributed by atoms with E-state index in [1.165, 1.54) is 11.4 Å². The van der Waals surface area contributed by atoms with Crippen LogP contribution in [0.3, 0.4) is 0 Å². The fourth-order valence-corrected chi connectivity index (χ4v) is 3.13. The van der Waals surface area contributed by atoms with Gasteiger partial charge in [0.25, 0.3) is 0 Å². The van der Waals surface area contributed by atoms with Crippen LogP contribution in [0.2, 0.25) is 0 Å². The van der Waals surface area contributed by atoms with Gasteiger partial charge < -0.3 is 10.1 Å². The Kier molecular flexibility index (Phi) is 3.90. The second kappa shape index (κ2) is 5.16. The number of hydrogen-bond acceptors (Lipinski definition) is 3. The van der Waals surface area contributed by atoms with E-state index in [0.717, 1.165) is 25.1 Å². The lowest BCUT2D eigenvalue weighted by molar-refractivity contribution is -0.109. The van der Waals surface area contributed by atoms with Crippen molar-refractivity contribution in [1.82, 2.24) is 9.78 Å². The molecule has 4 nitrogen and oxygen atoms in total. The highest BCUT2D eigenvalue weighted by atomic mass is 16.5. The van der Waals surface area contributed by atoms with Gasteiger partial charge in [0.15, 0.2) is 0 Å². The number of aryl methyl sites for hydroxylation is 2. The number of nitrogens with zero attached hydrogens (tertiary/aromatic N) is 2. The van der Waals surface area contributed by atoms with E-state index in [1.807, 2.05) is 11.7 Å². The molecule has 1 aliphatic carbocycles. The SMILES string of the molecule is CCOC1CC(Nc2c(C)nn(C)c2C)C1(C)CC. The van der Waals surface area contributed by atoms with Gasteiger partial charge in [-0.3, -0.25) is 4.68 Å². The van der Waals surface area contributed by atoms with E-state index >= 15 is 0 Å². The van der Waals surface area contributed by atoms with Gasteiger partial charge in [-0.25, -0.2) is 0 Å². The number of aromatic nitrogens is 2. The summed E-state index contributed by atoms with van der Waals surface area (Å²) < 4.78 is 7.80. The minimum atomic E-state index is 0.227. The third kappa shape index (κ3) is 2.27. The average molecular weight is 265 g/mol. The molecule has 1 aromatic heterocycles. The maximum Gasteiger partial charge on any atom is 0.0827 e. The number of rotatable bonds is 5. The first-order chi connectivity index (χ1) is 8.93. The summed E-state index contributed by atoms with van der Waals surface area (Å²) in [6, 6.07) is 0.482. The summed E-state index contributed by atoms with van der Waals surface area (Å²) in [5, 5.41) is 8.18. The van der Waals surface area contributed by atoms with Crippen molar-refractivity contribution in [2.24, 2.45) is 12.5 Å². The standard InChI is InChI=1S/C15H27N3O/c1-7-15(5)12(9-13(15)19-8-2)16-14-10(3)17-18(6)11(14)4/h12-13,16H,7-9H2,1-6H3. The van der Waals surface area contributed by atoms with Crippen LogP contribution in [-0.4, -0.2) is 28.5 Å².